The monoisotopic (exact) mass is 288 g/mol. The molecule has 3 N–H and O–H groups in total. The molecule has 0 radical (unpaired) electrons. The van der Waals surface area contributed by atoms with Crippen molar-refractivity contribution in [2.24, 2.45) is 0 Å². The molecule has 0 saturated heterocycles. The van der Waals surface area contributed by atoms with Crippen molar-refractivity contribution in [3.05, 3.63) is 59.4 Å². The maximum atomic E-state index is 13.3. The lowest BCUT2D eigenvalue weighted by molar-refractivity contribution is 0.0600. The summed E-state index contributed by atoms with van der Waals surface area (Å²) in [6.45, 7) is 0. The zero-order chi connectivity index (χ0) is 15.4. The van der Waals surface area contributed by atoms with Crippen molar-refractivity contribution in [1.82, 2.24) is 0 Å². The molecule has 0 aliphatic rings. The lowest BCUT2D eigenvalue weighted by atomic mass is 10.1. The van der Waals surface area contributed by atoms with Gasteiger partial charge in [0.05, 0.1) is 23.9 Å². The van der Waals surface area contributed by atoms with Gasteiger partial charge in [0.25, 0.3) is 5.91 Å². The summed E-state index contributed by atoms with van der Waals surface area (Å²) in [7, 11) is 1.28. The number of nitrogens with one attached hydrogen (secondary N) is 1. The summed E-state index contributed by atoms with van der Waals surface area (Å²) in [5, 5.41) is 2.57. The molecular weight excluding hydrogens is 275 g/mol. The number of para-hydroxylation sites is 1. The first-order valence-corrected chi connectivity index (χ1v) is 6.06. The van der Waals surface area contributed by atoms with Crippen molar-refractivity contribution in [1.29, 1.82) is 0 Å². The minimum Gasteiger partial charge on any atom is -0.465 e. The van der Waals surface area contributed by atoms with E-state index in [1.165, 1.54) is 37.4 Å². The molecule has 0 fully saturated rings. The van der Waals surface area contributed by atoms with E-state index in [2.05, 4.69) is 10.1 Å². The molecule has 0 unspecified atom stereocenters. The highest BCUT2D eigenvalue weighted by Gasteiger charge is 2.13. The Labute approximate surface area is 120 Å². The van der Waals surface area contributed by atoms with Gasteiger partial charge < -0.3 is 15.8 Å². The van der Waals surface area contributed by atoms with E-state index in [0.717, 1.165) is 0 Å². The second-order valence-electron chi connectivity index (χ2n) is 4.22. The van der Waals surface area contributed by atoms with E-state index in [1.54, 1.807) is 12.1 Å². The molecule has 2 rings (SSSR count). The van der Waals surface area contributed by atoms with Crippen LogP contribution in [-0.2, 0) is 4.74 Å². The standard InChI is InChI=1S/C15H13FN2O3/c1-21-15(20)9-5-7-10(8-6-9)18-14(19)11-3-2-4-12(16)13(11)17/h2-8H,17H2,1H3,(H,18,19). The highest BCUT2D eigenvalue weighted by Crippen LogP contribution is 2.18. The number of amides is 1. The number of rotatable bonds is 3. The molecule has 1 amide bonds. The van der Waals surface area contributed by atoms with Gasteiger partial charge in [-0.1, -0.05) is 6.07 Å². The zero-order valence-corrected chi connectivity index (χ0v) is 11.2. The maximum Gasteiger partial charge on any atom is 0.337 e. The molecule has 0 aliphatic carbocycles. The number of carbonyl (C=O) groups excluding carboxylic acids is 2. The molecule has 0 aliphatic heterocycles. The van der Waals surface area contributed by atoms with Crippen molar-refractivity contribution >= 4 is 23.3 Å². The van der Waals surface area contributed by atoms with Gasteiger partial charge in [-0.2, -0.15) is 0 Å². The number of hydrogen-bond acceptors (Lipinski definition) is 4. The highest BCUT2D eigenvalue weighted by molar-refractivity contribution is 6.07. The maximum absolute atomic E-state index is 13.3. The van der Waals surface area contributed by atoms with Crippen LogP contribution >= 0.6 is 0 Å². The molecule has 5 nitrogen and oxygen atoms in total. The lowest BCUT2D eigenvalue weighted by Gasteiger charge is -2.08. The number of methoxy groups -OCH3 is 1. The number of anilines is 2. The number of carbonyl (C=O) groups is 2. The summed E-state index contributed by atoms with van der Waals surface area (Å²) >= 11 is 0. The molecule has 0 atom stereocenters. The van der Waals surface area contributed by atoms with Gasteiger partial charge in [0.15, 0.2) is 0 Å². The van der Waals surface area contributed by atoms with Crippen molar-refractivity contribution in [2.45, 2.75) is 0 Å². The van der Waals surface area contributed by atoms with Crippen molar-refractivity contribution < 1.29 is 18.7 Å². The third kappa shape index (κ3) is 3.17. The summed E-state index contributed by atoms with van der Waals surface area (Å²) in [5.74, 6) is -1.65. The average molecular weight is 288 g/mol. The third-order valence-corrected chi connectivity index (χ3v) is 2.86. The third-order valence-electron chi connectivity index (χ3n) is 2.86. The topological polar surface area (TPSA) is 81.4 Å². The van der Waals surface area contributed by atoms with E-state index in [-0.39, 0.29) is 11.3 Å². The van der Waals surface area contributed by atoms with Gasteiger partial charge in [0.2, 0.25) is 0 Å². The highest BCUT2D eigenvalue weighted by atomic mass is 19.1. The van der Waals surface area contributed by atoms with Crippen LogP contribution in [0.2, 0.25) is 0 Å². The summed E-state index contributed by atoms with van der Waals surface area (Å²) in [6.07, 6.45) is 0. The second-order valence-corrected chi connectivity index (χ2v) is 4.22. The normalized spacial score (nSPS) is 10.0. The molecule has 0 heterocycles. The zero-order valence-electron chi connectivity index (χ0n) is 11.2. The van der Waals surface area contributed by atoms with Gasteiger partial charge in [0, 0.05) is 5.69 Å². The molecule has 108 valence electrons. The van der Waals surface area contributed by atoms with Crippen molar-refractivity contribution in [3.63, 3.8) is 0 Å². The Morgan fingerprint density at radius 1 is 1.14 bits per heavy atom. The van der Waals surface area contributed by atoms with E-state index < -0.39 is 17.7 Å². The lowest BCUT2D eigenvalue weighted by Crippen LogP contribution is -2.15. The van der Waals surface area contributed by atoms with Crippen LogP contribution in [-0.4, -0.2) is 19.0 Å². The molecule has 0 aromatic heterocycles. The minimum atomic E-state index is -0.649. The Hall–Kier alpha value is -2.89. The number of hydrogen-bond donors (Lipinski definition) is 2. The molecule has 2 aromatic rings. The number of nitrogen functional groups attached to an aromatic ring is 1. The number of benzene rings is 2. The minimum absolute atomic E-state index is 0.0482. The van der Waals surface area contributed by atoms with Crippen LogP contribution < -0.4 is 11.1 Å². The van der Waals surface area contributed by atoms with Crippen LogP contribution in [0, 0.1) is 5.82 Å². The fraction of sp³-hybridized carbons (Fsp3) is 0.0667. The van der Waals surface area contributed by atoms with Crippen LogP contribution in [0.15, 0.2) is 42.5 Å². The van der Waals surface area contributed by atoms with E-state index in [9.17, 15) is 14.0 Å². The van der Waals surface area contributed by atoms with Gasteiger partial charge in [-0.15, -0.1) is 0 Å². The van der Waals surface area contributed by atoms with Crippen LogP contribution in [0.4, 0.5) is 15.8 Å². The first kappa shape index (κ1) is 14.5. The summed E-state index contributed by atoms with van der Waals surface area (Å²) in [5.41, 5.74) is 6.18. The van der Waals surface area contributed by atoms with Crippen molar-refractivity contribution in [3.8, 4) is 0 Å². The van der Waals surface area contributed by atoms with Crippen LogP contribution in [0.1, 0.15) is 20.7 Å². The number of ether oxygens (including phenoxy) is 1. The molecule has 0 spiro atoms. The Morgan fingerprint density at radius 2 is 1.81 bits per heavy atom. The van der Waals surface area contributed by atoms with Crippen LogP contribution in [0.25, 0.3) is 0 Å². The van der Waals surface area contributed by atoms with Gasteiger partial charge in [0.1, 0.15) is 5.82 Å². The first-order chi connectivity index (χ1) is 10.0. The predicted molar refractivity (Wildman–Crippen MR) is 76.5 cm³/mol. The Bertz CT molecular complexity index is 684. The van der Waals surface area contributed by atoms with E-state index in [0.29, 0.717) is 11.3 Å². The van der Waals surface area contributed by atoms with E-state index in [4.69, 9.17) is 5.73 Å². The summed E-state index contributed by atoms with van der Waals surface area (Å²) in [6, 6.07) is 10.1. The molecule has 0 saturated carbocycles. The van der Waals surface area contributed by atoms with Gasteiger partial charge in [-0.3, -0.25) is 4.79 Å². The largest absolute Gasteiger partial charge is 0.465 e. The fourth-order valence-electron chi connectivity index (χ4n) is 1.74. The van der Waals surface area contributed by atoms with Crippen molar-refractivity contribution in [2.75, 3.05) is 18.2 Å². The summed E-state index contributed by atoms with van der Waals surface area (Å²) in [4.78, 5) is 23.3. The number of halogens is 1. The second kappa shape index (κ2) is 6.04. The number of nitrogens with two attached hydrogens (primary N) is 1. The van der Waals surface area contributed by atoms with Gasteiger partial charge in [-0.05, 0) is 36.4 Å². The number of esters is 1. The molecule has 2 aromatic carbocycles. The Morgan fingerprint density at radius 3 is 2.43 bits per heavy atom. The molecule has 6 heteroatoms. The van der Waals surface area contributed by atoms with E-state index >= 15 is 0 Å². The average Bonchev–Trinajstić information content (AvgIpc) is 2.50. The van der Waals surface area contributed by atoms with Gasteiger partial charge >= 0.3 is 5.97 Å². The summed E-state index contributed by atoms with van der Waals surface area (Å²) < 4.78 is 17.9. The predicted octanol–water partition coefficient (Wildman–Crippen LogP) is 2.45. The van der Waals surface area contributed by atoms with E-state index in [1.807, 2.05) is 0 Å². The quantitative estimate of drug-likeness (QED) is 0.671. The SMILES string of the molecule is COC(=O)c1ccc(NC(=O)c2cccc(F)c2N)cc1. The first-order valence-electron chi connectivity index (χ1n) is 6.06. The fourth-order valence-corrected chi connectivity index (χ4v) is 1.74. The van der Waals surface area contributed by atoms with Gasteiger partial charge in [-0.25, -0.2) is 9.18 Å². The molecular formula is C15H13FN2O3. The molecule has 21 heavy (non-hydrogen) atoms. The van der Waals surface area contributed by atoms with Crippen LogP contribution in [0.5, 0.6) is 0 Å². The Balaban J connectivity index is 2.16. The Kier molecular flexibility index (Phi) is 4.18. The van der Waals surface area contributed by atoms with Crippen LogP contribution in [0.3, 0.4) is 0 Å². The smallest absolute Gasteiger partial charge is 0.337 e. The molecule has 0 bridgehead atoms.